The number of thiazole rings is 1. The van der Waals surface area contributed by atoms with Crippen LogP contribution in [0.25, 0.3) is 0 Å². The fourth-order valence-corrected chi connectivity index (χ4v) is 3.75. The molecule has 0 spiro atoms. The fraction of sp³-hybridized carbons (Fsp3) is 0.421. The third-order valence-corrected chi connectivity index (χ3v) is 5.27. The van der Waals surface area contributed by atoms with Crippen molar-refractivity contribution in [3.8, 4) is 5.75 Å². The first-order valence-electron chi connectivity index (χ1n) is 8.72. The number of anilines is 1. The number of rotatable bonds is 5. The van der Waals surface area contributed by atoms with Crippen molar-refractivity contribution in [3.63, 3.8) is 0 Å². The fourth-order valence-electron chi connectivity index (χ4n) is 3.04. The van der Waals surface area contributed by atoms with Gasteiger partial charge in [0.2, 0.25) is 5.91 Å². The van der Waals surface area contributed by atoms with Crippen LogP contribution in [0.1, 0.15) is 35.8 Å². The van der Waals surface area contributed by atoms with Gasteiger partial charge in [-0.05, 0) is 43.0 Å². The highest BCUT2D eigenvalue weighted by atomic mass is 32.1. The Hall–Kier alpha value is -2.41. The van der Waals surface area contributed by atoms with E-state index in [1.807, 2.05) is 10.3 Å². The highest BCUT2D eigenvalue weighted by Crippen LogP contribution is 2.20. The molecule has 2 amide bonds. The van der Waals surface area contributed by atoms with E-state index in [4.69, 9.17) is 4.74 Å². The number of ether oxygens (including phenoxy) is 1. The summed E-state index contributed by atoms with van der Waals surface area (Å²) in [5, 5.41) is 5.11. The molecule has 1 aromatic heterocycles. The Balaban J connectivity index is 1.57. The Morgan fingerprint density at radius 2 is 2.12 bits per heavy atom. The van der Waals surface area contributed by atoms with E-state index < -0.39 is 0 Å². The molecule has 1 aromatic carbocycles. The molecule has 1 aliphatic heterocycles. The monoisotopic (exact) mass is 373 g/mol. The van der Waals surface area contributed by atoms with E-state index >= 15 is 0 Å². The Morgan fingerprint density at radius 3 is 2.81 bits per heavy atom. The summed E-state index contributed by atoms with van der Waals surface area (Å²) >= 11 is 1.33. The Kier molecular flexibility index (Phi) is 5.88. The summed E-state index contributed by atoms with van der Waals surface area (Å²) in [6.45, 7) is 3.83. The van der Waals surface area contributed by atoms with Gasteiger partial charge < -0.3 is 9.64 Å². The van der Waals surface area contributed by atoms with Crippen LogP contribution in [0.5, 0.6) is 5.75 Å². The lowest BCUT2D eigenvalue weighted by molar-refractivity contribution is -0.132. The van der Waals surface area contributed by atoms with Crippen LogP contribution < -0.4 is 10.1 Å². The topological polar surface area (TPSA) is 71.5 Å². The third-order valence-electron chi connectivity index (χ3n) is 4.47. The summed E-state index contributed by atoms with van der Waals surface area (Å²) in [5.41, 5.74) is 1.23. The van der Waals surface area contributed by atoms with Gasteiger partial charge in [0.15, 0.2) is 5.13 Å². The second-order valence-electron chi connectivity index (χ2n) is 6.59. The molecule has 6 nitrogen and oxygen atoms in total. The Morgan fingerprint density at radius 1 is 1.35 bits per heavy atom. The van der Waals surface area contributed by atoms with Gasteiger partial charge in [-0.3, -0.25) is 14.9 Å². The summed E-state index contributed by atoms with van der Waals surface area (Å²) < 4.78 is 5.09. The molecule has 2 heterocycles. The number of carbonyl (C=O) groups excluding carboxylic acids is 2. The van der Waals surface area contributed by atoms with Crippen LogP contribution in [0.4, 0.5) is 5.13 Å². The normalized spacial score (nSPS) is 17.0. The molecular weight excluding hydrogens is 350 g/mol. The summed E-state index contributed by atoms with van der Waals surface area (Å²) in [6, 6.07) is 6.87. The number of benzene rings is 1. The van der Waals surface area contributed by atoms with E-state index in [-0.39, 0.29) is 18.2 Å². The van der Waals surface area contributed by atoms with Gasteiger partial charge in [0.05, 0.1) is 19.2 Å². The maximum atomic E-state index is 12.4. The number of piperidine rings is 1. The maximum absolute atomic E-state index is 12.4. The number of hydrogen-bond donors (Lipinski definition) is 1. The van der Waals surface area contributed by atoms with E-state index in [2.05, 4.69) is 17.2 Å². The zero-order chi connectivity index (χ0) is 18.5. The van der Waals surface area contributed by atoms with Crippen LogP contribution >= 0.6 is 11.3 Å². The number of nitrogens with zero attached hydrogens (tertiary/aromatic N) is 2. The van der Waals surface area contributed by atoms with Crippen LogP contribution in [0, 0.1) is 5.92 Å². The predicted molar refractivity (Wildman–Crippen MR) is 102 cm³/mol. The molecule has 1 aliphatic rings. The number of carbonyl (C=O) groups is 2. The van der Waals surface area contributed by atoms with Crippen LogP contribution in [0.15, 0.2) is 29.6 Å². The highest BCUT2D eigenvalue weighted by molar-refractivity contribution is 7.14. The van der Waals surface area contributed by atoms with E-state index in [1.54, 1.807) is 31.4 Å². The minimum Gasteiger partial charge on any atom is -0.497 e. The van der Waals surface area contributed by atoms with Gasteiger partial charge >= 0.3 is 0 Å². The van der Waals surface area contributed by atoms with Crippen molar-refractivity contribution in [2.24, 2.45) is 5.92 Å². The number of methoxy groups -OCH3 is 1. The highest BCUT2D eigenvalue weighted by Gasteiger charge is 2.21. The van der Waals surface area contributed by atoms with Gasteiger partial charge in [-0.2, -0.15) is 0 Å². The van der Waals surface area contributed by atoms with Crippen molar-refractivity contribution >= 4 is 28.3 Å². The maximum Gasteiger partial charge on any atom is 0.257 e. The Bertz CT molecular complexity index is 773. The van der Waals surface area contributed by atoms with Crippen molar-refractivity contribution in [2.45, 2.75) is 26.2 Å². The summed E-state index contributed by atoms with van der Waals surface area (Å²) in [4.78, 5) is 31.0. The smallest absolute Gasteiger partial charge is 0.257 e. The first-order valence-corrected chi connectivity index (χ1v) is 9.60. The van der Waals surface area contributed by atoms with Gasteiger partial charge in [0.1, 0.15) is 5.75 Å². The molecule has 0 bridgehead atoms. The lowest BCUT2D eigenvalue weighted by Gasteiger charge is -2.30. The number of amides is 2. The number of nitrogens with one attached hydrogen (secondary N) is 1. The predicted octanol–water partition coefficient (Wildman–Crippen LogP) is 3.21. The summed E-state index contributed by atoms with van der Waals surface area (Å²) in [5.74, 6) is 1.13. The number of aromatic nitrogens is 1. The second-order valence-corrected chi connectivity index (χ2v) is 7.45. The molecule has 0 unspecified atom stereocenters. The standard InChI is InChI=1S/C19H23N3O3S/c1-13-4-3-9-22(11-13)17(23)10-15-12-26-19(20-15)21-18(24)14-5-7-16(25-2)8-6-14/h5-8,12-13H,3-4,9-11H2,1-2H3,(H,20,21,24)/t13-/m1/s1. The Labute approximate surface area is 157 Å². The molecule has 1 fully saturated rings. The molecule has 3 rings (SSSR count). The lowest BCUT2D eigenvalue weighted by atomic mass is 10.00. The molecule has 2 aromatic rings. The van der Waals surface area contributed by atoms with E-state index in [1.165, 1.54) is 17.8 Å². The van der Waals surface area contributed by atoms with Crippen LogP contribution in [0.2, 0.25) is 0 Å². The molecular formula is C19H23N3O3S. The zero-order valence-electron chi connectivity index (χ0n) is 15.0. The van der Waals surface area contributed by atoms with Crippen LogP contribution in [-0.2, 0) is 11.2 Å². The quantitative estimate of drug-likeness (QED) is 0.874. The number of likely N-dealkylation sites (tertiary alicyclic amines) is 1. The molecule has 0 radical (unpaired) electrons. The van der Waals surface area contributed by atoms with E-state index in [0.29, 0.717) is 28.1 Å². The van der Waals surface area contributed by atoms with Crippen molar-refractivity contribution < 1.29 is 14.3 Å². The van der Waals surface area contributed by atoms with Gasteiger partial charge in [-0.15, -0.1) is 11.3 Å². The van der Waals surface area contributed by atoms with Gasteiger partial charge in [0.25, 0.3) is 5.91 Å². The van der Waals surface area contributed by atoms with Gasteiger partial charge in [-0.1, -0.05) is 6.92 Å². The molecule has 0 saturated carbocycles. The third kappa shape index (κ3) is 4.60. The SMILES string of the molecule is COc1ccc(C(=O)Nc2nc(CC(=O)N3CCC[C@@H](C)C3)cs2)cc1. The van der Waals surface area contributed by atoms with Crippen molar-refractivity contribution in [3.05, 3.63) is 40.9 Å². The summed E-state index contributed by atoms with van der Waals surface area (Å²) in [7, 11) is 1.58. The second kappa shape index (κ2) is 8.31. The first kappa shape index (κ1) is 18.4. The molecule has 138 valence electrons. The minimum atomic E-state index is -0.232. The molecule has 26 heavy (non-hydrogen) atoms. The van der Waals surface area contributed by atoms with Crippen LogP contribution in [-0.4, -0.2) is 41.9 Å². The number of hydrogen-bond acceptors (Lipinski definition) is 5. The first-order chi connectivity index (χ1) is 12.5. The largest absolute Gasteiger partial charge is 0.497 e. The van der Waals surface area contributed by atoms with Crippen LogP contribution in [0.3, 0.4) is 0 Å². The lowest BCUT2D eigenvalue weighted by Crippen LogP contribution is -2.39. The van der Waals surface area contributed by atoms with E-state index in [9.17, 15) is 9.59 Å². The van der Waals surface area contributed by atoms with Crippen molar-refractivity contribution in [1.82, 2.24) is 9.88 Å². The van der Waals surface area contributed by atoms with E-state index in [0.717, 1.165) is 19.5 Å². The zero-order valence-corrected chi connectivity index (χ0v) is 15.8. The van der Waals surface area contributed by atoms with Gasteiger partial charge in [-0.25, -0.2) is 4.98 Å². The van der Waals surface area contributed by atoms with Crippen molar-refractivity contribution in [1.29, 1.82) is 0 Å². The van der Waals surface area contributed by atoms with Crippen molar-refractivity contribution in [2.75, 3.05) is 25.5 Å². The molecule has 1 saturated heterocycles. The molecule has 1 N–H and O–H groups in total. The summed E-state index contributed by atoms with van der Waals surface area (Å²) in [6.07, 6.45) is 2.52. The average Bonchev–Trinajstić information content (AvgIpc) is 3.08. The average molecular weight is 373 g/mol. The van der Waals surface area contributed by atoms with Gasteiger partial charge in [0, 0.05) is 24.0 Å². The molecule has 7 heteroatoms. The minimum absolute atomic E-state index is 0.106. The molecule has 0 aliphatic carbocycles. The molecule has 1 atom stereocenters.